The lowest BCUT2D eigenvalue weighted by atomic mass is 9.88. The van der Waals surface area contributed by atoms with Crippen molar-refractivity contribution < 1.29 is 14.0 Å². The van der Waals surface area contributed by atoms with Crippen LogP contribution in [0.5, 0.6) is 0 Å². The van der Waals surface area contributed by atoms with Gasteiger partial charge < -0.3 is 10.2 Å². The Kier molecular flexibility index (Phi) is 8.14. The molecule has 0 unspecified atom stereocenters. The minimum Gasteiger partial charge on any atom is -0.355 e. The van der Waals surface area contributed by atoms with E-state index in [0.717, 1.165) is 11.1 Å². The third-order valence-corrected chi connectivity index (χ3v) is 5.60. The molecular weight excluding hydrogens is 403 g/mol. The van der Waals surface area contributed by atoms with Crippen molar-refractivity contribution in [2.45, 2.75) is 38.8 Å². The Morgan fingerprint density at radius 3 is 1.94 bits per heavy atom. The fourth-order valence-corrected chi connectivity index (χ4v) is 3.81. The van der Waals surface area contributed by atoms with Gasteiger partial charge >= 0.3 is 0 Å². The van der Waals surface area contributed by atoms with Gasteiger partial charge in [0.15, 0.2) is 0 Å². The SMILES string of the molecule is CCNC(=O)[C@H](C)N(Cc1ccccc1F)C(=O)CC(c1ccccc1)c1ccccc1. The number of hydrogen-bond donors (Lipinski definition) is 1. The molecule has 0 aliphatic rings. The third-order valence-electron chi connectivity index (χ3n) is 5.60. The fourth-order valence-electron chi connectivity index (χ4n) is 3.81. The fraction of sp³-hybridized carbons (Fsp3) is 0.259. The quantitative estimate of drug-likeness (QED) is 0.523. The van der Waals surface area contributed by atoms with Crippen LogP contribution in [0.2, 0.25) is 0 Å². The second kappa shape index (κ2) is 11.2. The lowest BCUT2D eigenvalue weighted by Gasteiger charge is -2.30. The average molecular weight is 433 g/mol. The second-order valence-corrected chi connectivity index (χ2v) is 7.76. The smallest absolute Gasteiger partial charge is 0.242 e. The molecule has 166 valence electrons. The summed E-state index contributed by atoms with van der Waals surface area (Å²) in [7, 11) is 0. The molecule has 0 aliphatic heterocycles. The van der Waals surface area contributed by atoms with Gasteiger partial charge in [0.2, 0.25) is 11.8 Å². The van der Waals surface area contributed by atoms with Gasteiger partial charge in [-0.15, -0.1) is 0 Å². The molecule has 0 saturated heterocycles. The summed E-state index contributed by atoms with van der Waals surface area (Å²) in [5.41, 5.74) is 2.42. The van der Waals surface area contributed by atoms with Crippen molar-refractivity contribution in [2.75, 3.05) is 6.54 Å². The van der Waals surface area contributed by atoms with E-state index < -0.39 is 11.9 Å². The summed E-state index contributed by atoms with van der Waals surface area (Å²) in [5, 5.41) is 2.77. The molecule has 0 fully saturated rings. The summed E-state index contributed by atoms with van der Waals surface area (Å²) in [5.74, 6) is -1.02. The molecule has 32 heavy (non-hydrogen) atoms. The molecule has 3 rings (SSSR count). The van der Waals surface area contributed by atoms with Gasteiger partial charge in [-0.1, -0.05) is 78.9 Å². The molecule has 2 amide bonds. The van der Waals surface area contributed by atoms with Crippen LogP contribution in [-0.2, 0) is 16.1 Å². The number of nitrogens with one attached hydrogen (secondary N) is 1. The van der Waals surface area contributed by atoms with Crippen LogP contribution in [0.25, 0.3) is 0 Å². The Labute approximate surface area is 189 Å². The van der Waals surface area contributed by atoms with E-state index in [0.29, 0.717) is 12.1 Å². The number of amides is 2. The third kappa shape index (κ3) is 5.82. The largest absolute Gasteiger partial charge is 0.355 e. The van der Waals surface area contributed by atoms with Gasteiger partial charge in [-0.25, -0.2) is 4.39 Å². The molecule has 0 aliphatic carbocycles. The molecule has 0 saturated carbocycles. The number of carbonyl (C=O) groups is 2. The predicted octanol–water partition coefficient (Wildman–Crippen LogP) is 4.90. The van der Waals surface area contributed by atoms with Crippen LogP contribution >= 0.6 is 0 Å². The first-order chi connectivity index (χ1) is 15.5. The Morgan fingerprint density at radius 1 is 0.875 bits per heavy atom. The van der Waals surface area contributed by atoms with Gasteiger partial charge in [-0.05, 0) is 31.0 Å². The Hall–Kier alpha value is -3.47. The van der Waals surface area contributed by atoms with E-state index in [4.69, 9.17) is 0 Å². The molecule has 0 heterocycles. The number of benzene rings is 3. The molecule has 1 N–H and O–H groups in total. The van der Waals surface area contributed by atoms with E-state index in [-0.39, 0.29) is 30.7 Å². The van der Waals surface area contributed by atoms with Crippen molar-refractivity contribution in [1.29, 1.82) is 0 Å². The zero-order chi connectivity index (χ0) is 22.9. The van der Waals surface area contributed by atoms with Crippen molar-refractivity contribution in [3.8, 4) is 0 Å². The van der Waals surface area contributed by atoms with Gasteiger partial charge in [0.25, 0.3) is 0 Å². The topological polar surface area (TPSA) is 49.4 Å². The maximum atomic E-state index is 14.4. The number of nitrogens with zero attached hydrogens (tertiary/aromatic N) is 1. The van der Waals surface area contributed by atoms with Crippen molar-refractivity contribution in [2.24, 2.45) is 0 Å². The minimum absolute atomic E-state index is 0.0279. The number of hydrogen-bond acceptors (Lipinski definition) is 2. The van der Waals surface area contributed by atoms with E-state index in [1.165, 1.54) is 11.0 Å². The number of halogens is 1. The first-order valence-corrected chi connectivity index (χ1v) is 10.9. The molecule has 0 bridgehead atoms. The molecule has 5 heteroatoms. The van der Waals surface area contributed by atoms with Gasteiger partial charge in [-0.2, -0.15) is 0 Å². The van der Waals surface area contributed by atoms with Crippen molar-refractivity contribution in [3.05, 3.63) is 107 Å². The zero-order valence-electron chi connectivity index (χ0n) is 18.5. The second-order valence-electron chi connectivity index (χ2n) is 7.76. The monoisotopic (exact) mass is 432 g/mol. The zero-order valence-corrected chi connectivity index (χ0v) is 18.5. The van der Waals surface area contributed by atoms with Crippen LogP contribution in [0.15, 0.2) is 84.9 Å². The summed E-state index contributed by atoms with van der Waals surface area (Å²) in [4.78, 5) is 27.7. The summed E-state index contributed by atoms with van der Waals surface area (Å²) < 4.78 is 14.4. The highest BCUT2D eigenvalue weighted by atomic mass is 19.1. The van der Waals surface area contributed by atoms with Gasteiger partial charge in [0.1, 0.15) is 11.9 Å². The molecule has 3 aromatic rings. The van der Waals surface area contributed by atoms with Gasteiger partial charge in [0, 0.05) is 31.0 Å². The lowest BCUT2D eigenvalue weighted by Crippen LogP contribution is -2.48. The lowest BCUT2D eigenvalue weighted by molar-refractivity contribution is -0.140. The predicted molar refractivity (Wildman–Crippen MR) is 124 cm³/mol. The number of carbonyl (C=O) groups excluding carboxylic acids is 2. The molecule has 3 aromatic carbocycles. The Bertz CT molecular complexity index is 985. The molecule has 4 nitrogen and oxygen atoms in total. The summed E-state index contributed by atoms with van der Waals surface area (Å²) >= 11 is 0. The van der Waals surface area contributed by atoms with Gasteiger partial charge in [0.05, 0.1) is 0 Å². The van der Waals surface area contributed by atoms with Crippen molar-refractivity contribution >= 4 is 11.8 Å². The highest BCUT2D eigenvalue weighted by molar-refractivity contribution is 5.87. The standard InChI is InChI=1S/C27H29FN2O2/c1-3-29-27(32)20(2)30(19-23-16-10-11-17-25(23)28)26(31)18-24(21-12-6-4-7-13-21)22-14-8-5-9-15-22/h4-17,20,24H,3,18-19H2,1-2H3,(H,29,32)/t20-/m0/s1. The van der Waals surface area contributed by atoms with Crippen LogP contribution in [0, 0.1) is 5.82 Å². The van der Waals surface area contributed by atoms with E-state index in [1.807, 2.05) is 67.6 Å². The number of likely N-dealkylation sites (N-methyl/N-ethyl adjacent to an activating group) is 1. The molecule has 1 atom stereocenters. The van der Waals surface area contributed by atoms with Crippen LogP contribution < -0.4 is 5.32 Å². The van der Waals surface area contributed by atoms with E-state index in [2.05, 4.69) is 5.32 Å². The minimum atomic E-state index is -0.728. The normalized spacial score (nSPS) is 11.8. The van der Waals surface area contributed by atoms with E-state index in [9.17, 15) is 14.0 Å². The molecule has 0 radical (unpaired) electrons. The first kappa shape index (κ1) is 23.2. The Balaban J connectivity index is 1.92. The van der Waals surface area contributed by atoms with Crippen molar-refractivity contribution in [3.63, 3.8) is 0 Å². The van der Waals surface area contributed by atoms with Crippen LogP contribution in [0.4, 0.5) is 4.39 Å². The van der Waals surface area contributed by atoms with Crippen LogP contribution in [0.1, 0.15) is 42.9 Å². The van der Waals surface area contributed by atoms with Gasteiger partial charge in [-0.3, -0.25) is 9.59 Å². The van der Waals surface area contributed by atoms with Crippen LogP contribution in [-0.4, -0.2) is 29.3 Å². The highest BCUT2D eigenvalue weighted by Gasteiger charge is 2.29. The average Bonchev–Trinajstić information content (AvgIpc) is 2.82. The summed E-state index contributed by atoms with van der Waals surface area (Å²) in [6.45, 7) is 4.00. The maximum absolute atomic E-state index is 14.4. The molecular formula is C27H29FN2O2. The highest BCUT2D eigenvalue weighted by Crippen LogP contribution is 2.29. The molecule has 0 spiro atoms. The van der Waals surface area contributed by atoms with E-state index >= 15 is 0 Å². The van der Waals surface area contributed by atoms with Crippen LogP contribution in [0.3, 0.4) is 0 Å². The first-order valence-electron chi connectivity index (χ1n) is 10.9. The van der Waals surface area contributed by atoms with Crippen molar-refractivity contribution in [1.82, 2.24) is 10.2 Å². The summed E-state index contributed by atoms with van der Waals surface area (Å²) in [6.07, 6.45) is 0.173. The maximum Gasteiger partial charge on any atom is 0.242 e. The molecule has 0 aromatic heterocycles. The summed E-state index contributed by atoms with van der Waals surface area (Å²) in [6, 6.07) is 25.3. The Morgan fingerprint density at radius 2 is 1.41 bits per heavy atom. The number of rotatable bonds is 9. The van der Waals surface area contributed by atoms with E-state index in [1.54, 1.807) is 25.1 Å².